The minimum Gasteiger partial charge on any atom is -0.310 e. The highest BCUT2D eigenvalue weighted by Gasteiger charge is 2.34. The first-order valence-electron chi connectivity index (χ1n) is 7.21. The molecule has 0 aliphatic carbocycles. The van der Waals surface area contributed by atoms with Gasteiger partial charge in [0.05, 0.1) is 6.20 Å². The van der Waals surface area contributed by atoms with Gasteiger partial charge in [-0.1, -0.05) is 34.6 Å². The van der Waals surface area contributed by atoms with Gasteiger partial charge in [0.2, 0.25) is 0 Å². The maximum absolute atomic E-state index is 12.8. The number of hydrogen-bond acceptors (Lipinski definition) is 4. The van der Waals surface area contributed by atoms with Gasteiger partial charge < -0.3 is 5.32 Å². The van der Waals surface area contributed by atoms with E-state index in [0.717, 1.165) is 0 Å². The van der Waals surface area contributed by atoms with E-state index in [9.17, 15) is 8.42 Å². The highest BCUT2D eigenvalue weighted by molar-refractivity contribution is 7.89. The van der Waals surface area contributed by atoms with Gasteiger partial charge >= 0.3 is 0 Å². The Morgan fingerprint density at radius 3 is 2.38 bits per heavy atom. The summed E-state index contributed by atoms with van der Waals surface area (Å²) in [6.45, 7) is 12.5. The summed E-state index contributed by atoms with van der Waals surface area (Å²) in [6, 6.07) is 0.151. The van der Waals surface area contributed by atoms with Crippen LogP contribution in [-0.4, -0.2) is 42.1 Å². The normalized spacial score (nSPS) is 14.9. The van der Waals surface area contributed by atoms with E-state index in [-0.39, 0.29) is 22.5 Å². The quantitative estimate of drug-likeness (QED) is 0.841. The van der Waals surface area contributed by atoms with Crippen molar-refractivity contribution in [3.05, 3.63) is 11.8 Å². The second-order valence-corrected chi connectivity index (χ2v) is 8.76. The lowest BCUT2D eigenvalue weighted by Gasteiger charge is -2.34. The molecule has 6 nitrogen and oxygen atoms in total. The van der Waals surface area contributed by atoms with Gasteiger partial charge in [-0.05, 0) is 12.3 Å². The number of sulfonamides is 1. The van der Waals surface area contributed by atoms with Crippen LogP contribution in [0.4, 0.5) is 0 Å². The van der Waals surface area contributed by atoms with E-state index >= 15 is 0 Å². The SMILES string of the molecule is CC(C)NCc1cn[nH]c1S(=O)(=O)N(C)C(C)C(C)(C)C. The van der Waals surface area contributed by atoms with Crippen LogP contribution in [0.3, 0.4) is 0 Å². The molecule has 0 radical (unpaired) electrons. The fourth-order valence-electron chi connectivity index (χ4n) is 1.86. The second-order valence-electron chi connectivity index (χ2n) is 6.82. The van der Waals surface area contributed by atoms with E-state index in [1.165, 1.54) is 4.31 Å². The van der Waals surface area contributed by atoms with Crippen molar-refractivity contribution in [1.82, 2.24) is 19.8 Å². The van der Waals surface area contributed by atoms with Crippen molar-refractivity contribution < 1.29 is 8.42 Å². The molecule has 0 saturated heterocycles. The molecule has 0 bridgehead atoms. The highest BCUT2D eigenvalue weighted by atomic mass is 32.2. The molecule has 21 heavy (non-hydrogen) atoms. The van der Waals surface area contributed by atoms with E-state index in [2.05, 4.69) is 15.5 Å². The summed E-state index contributed by atoms with van der Waals surface area (Å²) in [6.07, 6.45) is 1.57. The lowest BCUT2D eigenvalue weighted by molar-refractivity contribution is 0.216. The first-order valence-corrected chi connectivity index (χ1v) is 8.65. The van der Waals surface area contributed by atoms with E-state index in [0.29, 0.717) is 12.1 Å². The molecular weight excluding hydrogens is 288 g/mol. The summed E-state index contributed by atoms with van der Waals surface area (Å²) in [4.78, 5) is 0. The van der Waals surface area contributed by atoms with Crippen LogP contribution >= 0.6 is 0 Å². The zero-order valence-corrected chi connectivity index (χ0v) is 14.9. The summed E-state index contributed by atoms with van der Waals surface area (Å²) < 4.78 is 27.0. The van der Waals surface area contributed by atoms with Crippen LogP contribution in [0.15, 0.2) is 11.2 Å². The average Bonchev–Trinajstić information content (AvgIpc) is 2.82. The largest absolute Gasteiger partial charge is 0.310 e. The van der Waals surface area contributed by atoms with E-state index in [4.69, 9.17) is 0 Å². The van der Waals surface area contributed by atoms with E-state index in [1.54, 1.807) is 13.2 Å². The minimum atomic E-state index is -3.58. The molecule has 0 aromatic carbocycles. The topological polar surface area (TPSA) is 78.1 Å². The fourth-order valence-corrected chi connectivity index (χ4v) is 3.50. The molecule has 0 amide bonds. The Balaban J connectivity index is 3.06. The van der Waals surface area contributed by atoms with Crippen molar-refractivity contribution in [2.24, 2.45) is 5.41 Å². The zero-order valence-electron chi connectivity index (χ0n) is 14.1. The van der Waals surface area contributed by atoms with Gasteiger partial charge in [0.1, 0.15) is 0 Å². The fraction of sp³-hybridized carbons (Fsp3) is 0.786. The first-order chi connectivity index (χ1) is 9.48. The monoisotopic (exact) mass is 316 g/mol. The van der Waals surface area contributed by atoms with Gasteiger partial charge in [-0.3, -0.25) is 5.10 Å². The predicted octanol–water partition coefficient (Wildman–Crippen LogP) is 1.96. The molecule has 1 aromatic rings. The lowest BCUT2D eigenvalue weighted by atomic mass is 9.88. The molecule has 1 unspecified atom stereocenters. The Morgan fingerprint density at radius 1 is 1.33 bits per heavy atom. The van der Waals surface area contributed by atoms with Gasteiger partial charge in [-0.25, -0.2) is 8.42 Å². The number of aromatic nitrogens is 2. The van der Waals surface area contributed by atoms with Crippen LogP contribution in [0.1, 0.15) is 47.1 Å². The van der Waals surface area contributed by atoms with Crippen LogP contribution in [0.2, 0.25) is 0 Å². The molecular formula is C14H28N4O2S. The summed E-state index contributed by atoms with van der Waals surface area (Å²) in [5, 5.41) is 9.93. The molecule has 1 atom stereocenters. The average molecular weight is 316 g/mol. The van der Waals surface area contributed by atoms with Crippen molar-refractivity contribution in [3.8, 4) is 0 Å². The van der Waals surface area contributed by atoms with Crippen LogP contribution < -0.4 is 5.32 Å². The second kappa shape index (κ2) is 6.46. The molecule has 122 valence electrons. The molecule has 0 aliphatic heterocycles. The third-order valence-electron chi connectivity index (χ3n) is 3.81. The smallest absolute Gasteiger partial charge is 0.260 e. The Hall–Kier alpha value is -0.920. The lowest BCUT2D eigenvalue weighted by Crippen LogP contribution is -2.43. The predicted molar refractivity (Wildman–Crippen MR) is 84.4 cm³/mol. The van der Waals surface area contributed by atoms with Crippen LogP contribution in [-0.2, 0) is 16.6 Å². The molecule has 1 aromatic heterocycles. The maximum Gasteiger partial charge on any atom is 0.260 e. The van der Waals surface area contributed by atoms with Gasteiger partial charge in [0.15, 0.2) is 5.03 Å². The Bertz CT molecular complexity index is 558. The summed E-state index contributed by atoms with van der Waals surface area (Å²) in [5.41, 5.74) is 0.523. The number of hydrogen-bond donors (Lipinski definition) is 2. The Labute approximate surface area is 128 Å². The molecule has 2 N–H and O–H groups in total. The van der Waals surface area contributed by atoms with Gasteiger partial charge in [-0.2, -0.15) is 9.40 Å². The highest BCUT2D eigenvalue weighted by Crippen LogP contribution is 2.27. The molecule has 7 heteroatoms. The molecule has 0 saturated carbocycles. The van der Waals surface area contributed by atoms with Gasteiger partial charge in [0.25, 0.3) is 10.0 Å². The minimum absolute atomic E-state index is 0.128. The van der Waals surface area contributed by atoms with Crippen molar-refractivity contribution in [3.63, 3.8) is 0 Å². The summed E-state index contributed by atoms with van der Waals surface area (Å²) in [5.74, 6) is 0. The van der Waals surface area contributed by atoms with Crippen LogP contribution in [0, 0.1) is 5.41 Å². The molecule has 0 spiro atoms. The van der Waals surface area contributed by atoms with Gasteiger partial charge in [0, 0.05) is 31.2 Å². The van der Waals surface area contributed by atoms with Crippen molar-refractivity contribution in [2.45, 2.75) is 65.2 Å². The Kier molecular flexibility index (Phi) is 5.57. The van der Waals surface area contributed by atoms with Crippen molar-refractivity contribution >= 4 is 10.0 Å². The van der Waals surface area contributed by atoms with Crippen molar-refractivity contribution in [1.29, 1.82) is 0 Å². The zero-order chi connectivity index (χ0) is 16.4. The molecule has 1 rings (SSSR count). The standard InChI is InChI=1S/C14H28N4O2S/c1-10(2)15-8-12-9-16-17-13(12)21(19,20)18(7)11(3)14(4,5)6/h9-11,15H,8H2,1-7H3,(H,16,17). The number of H-pyrrole nitrogens is 1. The van der Waals surface area contributed by atoms with Gasteiger partial charge in [-0.15, -0.1) is 0 Å². The number of nitrogens with one attached hydrogen (secondary N) is 2. The molecule has 1 heterocycles. The third-order valence-corrected chi connectivity index (χ3v) is 5.76. The third kappa shape index (κ3) is 4.28. The first kappa shape index (κ1) is 18.1. The number of rotatable bonds is 6. The molecule has 0 aliphatic rings. The number of aromatic amines is 1. The van der Waals surface area contributed by atoms with Crippen molar-refractivity contribution in [2.75, 3.05) is 7.05 Å². The summed E-state index contributed by atoms with van der Waals surface area (Å²) >= 11 is 0. The number of nitrogens with zero attached hydrogens (tertiary/aromatic N) is 2. The molecule has 0 fully saturated rings. The van der Waals surface area contributed by atoms with E-state index < -0.39 is 10.0 Å². The summed E-state index contributed by atoms with van der Waals surface area (Å²) in [7, 11) is -1.96. The van der Waals surface area contributed by atoms with E-state index in [1.807, 2.05) is 41.5 Å². The Morgan fingerprint density at radius 2 is 1.90 bits per heavy atom. The maximum atomic E-state index is 12.8. The van der Waals surface area contributed by atoms with Crippen LogP contribution in [0.5, 0.6) is 0 Å². The van der Waals surface area contributed by atoms with Crippen LogP contribution in [0.25, 0.3) is 0 Å².